The monoisotopic (exact) mass is 312 g/mol. The molecule has 0 aliphatic rings. The number of likely N-dealkylation sites (N-methyl/N-ethyl adjacent to an activating group) is 1. The van der Waals surface area contributed by atoms with Gasteiger partial charge in [-0.25, -0.2) is 4.98 Å². The van der Waals surface area contributed by atoms with E-state index in [9.17, 15) is 4.79 Å². The number of amides is 1. The summed E-state index contributed by atoms with van der Waals surface area (Å²) in [7, 11) is 5.84. The molecule has 0 spiro atoms. The van der Waals surface area contributed by atoms with Crippen LogP contribution in [0.5, 0.6) is 0 Å². The maximum absolute atomic E-state index is 12.3. The van der Waals surface area contributed by atoms with Crippen LogP contribution in [0.2, 0.25) is 0 Å². The molecule has 0 fully saturated rings. The molecule has 5 heteroatoms. The molecular weight excluding hydrogens is 288 g/mol. The minimum absolute atomic E-state index is 0.0798. The lowest BCUT2D eigenvalue weighted by Gasteiger charge is -2.27. The van der Waals surface area contributed by atoms with Gasteiger partial charge < -0.3 is 15.1 Å². The van der Waals surface area contributed by atoms with Crippen LogP contribution in [-0.2, 0) is 0 Å². The van der Waals surface area contributed by atoms with Gasteiger partial charge in [0.1, 0.15) is 5.82 Å². The van der Waals surface area contributed by atoms with Crippen LogP contribution >= 0.6 is 0 Å². The number of benzene rings is 1. The average molecular weight is 312 g/mol. The second kappa shape index (κ2) is 7.63. The van der Waals surface area contributed by atoms with Gasteiger partial charge in [0.2, 0.25) is 0 Å². The van der Waals surface area contributed by atoms with Crippen molar-refractivity contribution < 1.29 is 4.79 Å². The van der Waals surface area contributed by atoms with E-state index >= 15 is 0 Å². The van der Waals surface area contributed by atoms with Crippen molar-refractivity contribution in [2.24, 2.45) is 0 Å². The highest BCUT2D eigenvalue weighted by molar-refractivity contribution is 5.94. The van der Waals surface area contributed by atoms with Gasteiger partial charge in [-0.1, -0.05) is 18.2 Å². The number of carbonyl (C=O) groups excluding carboxylic acids is 1. The highest BCUT2D eigenvalue weighted by Gasteiger charge is 2.13. The molecule has 0 bridgehead atoms. The first-order valence-electron chi connectivity index (χ1n) is 7.68. The van der Waals surface area contributed by atoms with Gasteiger partial charge in [0, 0.05) is 51.2 Å². The fourth-order valence-corrected chi connectivity index (χ4v) is 2.20. The van der Waals surface area contributed by atoms with Crippen molar-refractivity contribution in [2.75, 3.05) is 37.5 Å². The van der Waals surface area contributed by atoms with Gasteiger partial charge in [0.05, 0.1) is 0 Å². The second-order valence-corrected chi connectivity index (χ2v) is 5.80. The van der Waals surface area contributed by atoms with Gasteiger partial charge in [-0.05, 0) is 31.2 Å². The quantitative estimate of drug-likeness (QED) is 0.890. The third-order valence-electron chi connectivity index (χ3n) is 3.85. The number of hydrogen-bond acceptors (Lipinski definition) is 4. The number of aromatic nitrogens is 1. The largest absolute Gasteiger partial charge is 0.370 e. The molecule has 1 aromatic carbocycles. The summed E-state index contributed by atoms with van der Waals surface area (Å²) in [6, 6.07) is 13.9. The van der Waals surface area contributed by atoms with Crippen LogP contribution in [0.4, 0.5) is 11.5 Å². The van der Waals surface area contributed by atoms with Gasteiger partial charge in [0.15, 0.2) is 0 Å². The third kappa shape index (κ3) is 4.45. The molecule has 122 valence electrons. The van der Waals surface area contributed by atoms with Gasteiger partial charge in [0.25, 0.3) is 5.91 Å². The van der Waals surface area contributed by atoms with Gasteiger partial charge in [-0.15, -0.1) is 0 Å². The van der Waals surface area contributed by atoms with E-state index in [0.29, 0.717) is 12.1 Å². The molecule has 5 nitrogen and oxygen atoms in total. The summed E-state index contributed by atoms with van der Waals surface area (Å²) in [4.78, 5) is 20.6. The zero-order chi connectivity index (χ0) is 16.8. The Bertz CT molecular complexity index is 642. The van der Waals surface area contributed by atoms with Crippen LogP contribution in [0.1, 0.15) is 17.3 Å². The predicted molar refractivity (Wildman–Crippen MR) is 95.2 cm³/mol. The molecule has 0 radical (unpaired) electrons. The zero-order valence-electron chi connectivity index (χ0n) is 14.2. The highest BCUT2D eigenvalue weighted by Crippen LogP contribution is 2.14. The van der Waals surface area contributed by atoms with Crippen molar-refractivity contribution >= 4 is 17.4 Å². The van der Waals surface area contributed by atoms with Crippen molar-refractivity contribution in [3.05, 3.63) is 54.2 Å². The molecule has 0 aliphatic heterocycles. The number of hydrogen-bond donors (Lipinski definition) is 1. The van der Waals surface area contributed by atoms with Crippen LogP contribution in [0.25, 0.3) is 0 Å². The minimum Gasteiger partial charge on any atom is -0.370 e. The van der Waals surface area contributed by atoms with Gasteiger partial charge >= 0.3 is 0 Å². The van der Waals surface area contributed by atoms with Crippen molar-refractivity contribution in [2.45, 2.75) is 13.0 Å². The molecule has 0 saturated heterocycles. The SMILES string of the molecule is CC(CNC(=O)c1ccnc(N(C)C)c1)N(C)c1ccccc1. The number of carbonyl (C=O) groups is 1. The molecule has 0 aliphatic carbocycles. The van der Waals surface area contributed by atoms with E-state index in [2.05, 4.69) is 34.3 Å². The lowest BCUT2D eigenvalue weighted by Crippen LogP contribution is -2.40. The zero-order valence-corrected chi connectivity index (χ0v) is 14.2. The van der Waals surface area contributed by atoms with Crippen LogP contribution in [0, 0.1) is 0 Å². The maximum Gasteiger partial charge on any atom is 0.251 e. The lowest BCUT2D eigenvalue weighted by atomic mass is 10.2. The highest BCUT2D eigenvalue weighted by atomic mass is 16.1. The summed E-state index contributed by atoms with van der Waals surface area (Å²) in [5.41, 5.74) is 1.76. The van der Waals surface area contributed by atoms with E-state index in [0.717, 1.165) is 11.5 Å². The molecule has 1 amide bonds. The Morgan fingerprint density at radius 3 is 2.52 bits per heavy atom. The first-order chi connectivity index (χ1) is 11.0. The number of pyridine rings is 1. The van der Waals surface area contributed by atoms with Crippen LogP contribution in [0.15, 0.2) is 48.7 Å². The molecule has 1 unspecified atom stereocenters. The smallest absolute Gasteiger partial charge is 0.251 e. The van der Waals surface area contributed by atoms with Crippen molar-refractivity contribution in [1.29, 1.82) is 0 Å². The Kier molecular flexibility index (Phi) is 5.57. The third-order valence-corrected chi connectivity index (χ3v) is 3.85. The second-order valence-electron chi connectivity index (χ2n) is 5.80. The van der Waals surface area contributed by atoms with Crippen molar-refractivity contribution in [3.63, 3.8) is 0 Å². The Labute approximate surface area is 137 Å². The molecule has 1 heterocycles. The minimum atomic E-state index is -0.0798. The lowest BCUT2D eigenvalue weighted by molar-refractivity contribution is 0.0951. The summed E-state index contributed by atoms with van der Waals surface area (Å²) in [6.07, 6.45) is 1.66. The summed E-state index contributed by atoms with van der Waals surface area (Å²) in [5.74, 6) is 0.691. The predicted octanol–water partition coefficient (Wildman–Crippen LogP) is 2.40. The topological polar surface area (TPSA) is 48.5 Å². The summed E-state index contributed by atoms with van der Waals surface area (Å²) in [6.45, 7) is 2.66. The van der Waals surface area contributed by atoms with Crippen molar-refractivity contribution in [1.82, 2.24) is 10.3 Å². The van der Waals surface area contributed by atoms with Crippen LogP contribution in [-0.4, -0.2) is 44.6 Å². The van der Waals surface area contributed by atoms with Crippen LogP contribution in [0.3, 0.4) is 0 Å². The molecule has 23 heavy (non-hydrogen) atoms. The molecule has 1 aromatic heterocycles. The summed E-state index contributed by atoms with van der Waals surface area (Å²) >= 11 is 0. The van der Waals surface area contributed by atoms with E-state index in [1.165, 1.54) is 0 Å². The molecule has 1 atom stereocenters. The maximum atomic E-state index is 12.3. The molecule has 2 aromatic rings. The fourth-order valence-electron chi connectivity index (χ4n) is 2.20. The Hall–Kier alpha value is -2.56. The number of rotatable bonds is 6. The first-order valence-corrected chi connectivity index (χ1v) is 7.68. The number of para-hydroxylation sites is 1. The van der Waals surface area contributed by atoms with Gasteiger partial charge in [-0.3, -0.25) is 4.79 Å². The van der Waals surface area contributed by atoms with E-state index in [1.54, 1.807) is 18.3 Å². The van der Waals surface area contributed by atoms with E-state index in [4.69, 9.17) is 0 Å². The number of nitrogens with one attached hydrogen (secondary N) is 1. The average Bonchev–Trinajstić information content (AvgIpc) is 2.59. The molecular formula is C18H24N4O. The number of anilines is 2. The molecule has 1 N–H and O–H groups in total. The standard InChI is InChI=1S/C18H24N4O/c1-14(22(4)16-8-6-5-7-9-16)13-20-18(23)15-10-11-19-17(12-15)21(2)3/h5-12,14H,13H2,1-4H3,(H,20,23). The van der Waals surface area contributed by atoms with Gasteiger partial charge in [-0.2, -0.15) is 0 Å². The molecule has 2 rings (SSSR count). The van der Waals surface area contributed by atoms with E-state index in [-0.39, 0.29) is 11.9 Å². The van der Waals surface area contributed by atoms with E-state index < -0.39 is 0 Å². The van der Waals surface area contributed by atoms with Crippen molar-refractivity contribution in [3.8, 4) is 0 Å². The first kappa shape index (κ1) is 16.8. The fraction of sp³-hybridized carbons (Fsp3) is 0.333. The van der Waals surface area contributed by atoms with E-state index in [1.807, 2.05) is 44.2 Å². The van der Waals surface area contributed by atoms with Crippen LogP contribution < -0.4 is 15.1 Å². The Morgan fingerprint density at radius 1 is 1.17 bits per heavy atom. The Balaban J connectivity index is 1.95. The molecule has 0 saturated carbocycles. The summed E-state index contributed by atoms with van der Waals surface area (Å²) < 4.78 is 0. The Morgan fingerprint density at radius 2 is 1.87 bits per heavy atom. The summed E-state index contributed by atoms with van der Waals surface area (Å²) in [5, 5.41) is 2.99. The normalized spacial score (nSPS) is 11.7. The number of nitrogens with zero attached hydrogens (tertiary/aromatic N) is 3.